The monoisotopic (exact) mass is 538 g/mol. The van der Waals surface area contributed by atoms with Gasteiger partial charge in [-0.3, -0.25) is 4.57 Å². The lowest BCUT2D eigenvalue weighted by atomic mass is 10.2. The van der Waals surface area contributed by atoms with E-state index in [4.69, 9.17) is 13.9 Å². The van der Waals surface area contributed by atoms with Gasteiger partial charge in [0.25, 0.3) is 0 Å². The average molecular weight is 539 g/mol. The number of para-hydroxylation sites is 1. The number of rotatable bonds is 9. The molecule has 1 saturated heterocycles. The van der Waals surface area contributed by atoms with E-state index in [-0.39, 0.29) is 18.2 Å². The molecule has 3 heterocycles. The summed E-state index contributed by atoms with van der Waals surface area (Å²) in [6, 6.07) is 8.57. The van der Waals surface area contributed by atoms with Gasteiger partial charge in [-0.15, -0.1) is 10.2 Å². The van der Waals surface area contributed by atoms with E-state index < -0.39 is 36.1 Å². The number of hydrogen-bond donors (Lipinski definition) is 0. The molecule has 1 aromatic carbocycles. The fraction of sp³-hybridized carbons (Fsp3) is 0.478. The fourth-order valence-electron chi connectivity index (χ4n) is 4.29. The number of benzene rings is 1. The molecular weight excluding hydrogens is 508 g/mol. The predicted octanol–water partition coefficient (Wildman–Crippen LogP) is 2.66. The molecule has 0 aliphatic carbocycles. The minimum atomic E-state index is -3.82. The lowest BCUT2D eigenvalue weighted by Gasteiger charge is -2.32. The molecule has 0 bridgehead atoms. The Hall–Kier alpha value is -2.90. The van der Waals surface area contributed by atoms with Crippen molar-refractivity contribution < 1.29 is 30.7 Å². The van der Waals surface area contributed by atoms with Crippen LogP contribution in [-0.2, 0) is 25.6 Å². The van der Waals surface area contributed by atoms with E-state index >= 15 is 0 Å². The molecule has 0 N–H and O–H groups in total. The Morgan fingerprint density at radius 3 is 2.33 bits per heavy atom. The molecule has 1 aliphatic heterocycles. The number of hydrogen-bond acceptors (Lipinski definition) is 9. The summed E-state index contributed by atoms with van der Waals surface area (Å²) in [4.78, 5) is 0. The molecule has 13 heteroatoms. The van der Waals surface area contributed by atoms with E-state index in [1.165, 1.54) is 24.8 Å². The molecule has 3 aromatic rings. The molecule has 0 amide bonds. The van der Waals surface area contributed by atoms with Gasteiger partial charge < -0.3 is 13.9 Å². The summed E-state index contributed by atoms with van der Waals surface area (Å²) in [5, 5.41) is 6.94. The third-order valence-electron chi connectivity index (χ3n) is 6.23. The van der Waals surface area contributed by atoms with Crippen LogP contribution in [0.15, 0.2) is 41.0 Å². The summed E-state index contributed by atoms with van der Waals surface area (Å²) in [6.45, 7) is 3.41. The largest absolute Gasteiger partial charge is 0.494 e. The summed E-state index contributed by atoms with van der Waals surface area (Å²) in [5.74, 6) is 1.18. The zero-order chi connectivity index (χ0) is 26.1. The molecule has 0 unspecified atom stereocenters. The van der Waals surface area contributed by atoms with Crippen LogP contribution in [0.5, 0.6) is 11.5 Å². The van der Waals surface area contributed by atoms with Gasteiger partial charge >= 0.3 is 0 Å². The van der Waals surface area contributed by atoms with E-state index in [2.05, 4.69) is 10.2 Å². The summed E-state index contributed by atoms with van der Waals surface area (Å²) >= 11 is 0. The van der Waals surface area contributed by atoms with Crippen LogP contribution >= 0.6 is 0 Å². The second-order valence-corrected chi connectivity index (χ2v) is 13.6. The molecule has 1 fully saturated rings. The number of sulfone groups is 1. The Morgan fingerprint density at radius 1 is 1.06 bits per heavy atom. The number of furan rings is 1. The Balaban J connectivity index is 1.77. The summed E-state index contributed by atoms with van der Waals surface area (Å²) < 4.78 is 72.1. The highest BCUT2D eigenvalue weighted by Crippen LogP contribution is 2.37. The normalized spacial score (nSPS) is 17.4. The Morgan fingerprint density at radius 2 is 1.75 bits per heavy atom. The first-order chi connectivity index (χ1) is 17.1. The van der Waals surface area contributed by atoms with Crippen LogP contribution in [0.4, 0.5) is 0 Å². The summed E-state index contributed by atoms with van der Waals surface area (Å²) in [6.07, 6.45) is 2.31. The molecular formula is C23H30N4O7S2. The lowest BCUT2D eigenvalue weighted by molar-refractivity contribution is 0.343. The lowest BCUT2D eigenvalue weighted by Crippen LogP contribution is -2.47. The third kappa shape index (κ3) is 4.87. The quantitative estimate of drug-likeness (QED) is 0.403. The van der Waals surface area contributed by atoms with Gasteiger partial charge in [0.2, 0.25) is 15.8 Å². The van der Waals surface area contributed by atoms with Crippen molar-refractivity contribution in [2.45, 2.75) is 42.9 Å². The SMILES string of the molecule is COc1cccc(OC)c1-n1c(CS(=O)(=O)[C@H]2CCCN(S(=O)(=O)C(C)C)C2)nnc1-c1ccco1. The highest BCUT2D eigenvalue weighted by molar-refractivity contribution is 7.91. The Labute approximate surface area is 211 Å². The van der Waals surface area contributed by atoms with Crippen LogP contribution in [-0.4, -0.2) is 73.7 Å². The van der Waals surface area contributed by atoms with Crippen LogP contribution in [0.25, 0.3) is 17.3 Å². The van der Waals surface area contributed by atoms with Crippen molar-refractivity contribution in [3.63, 3.8) is 0 Å². The number of ether oxygens (including phenoxy) is 2. The number of methoxy groups -OCH3 is 2. The standard InChI is InChI=1S/C23H30N4O7S2/c1-16(2)36(30,31)26-12-6-8-17(14-26)35(28,29)15-21-24-25-23(20-11-7-13-34-20)27(21)22-18(32-3)9-5-10-19(22)33-4/h5,7,9-11,13,16-17H,6,8,12,14-15H2,1-4H3/t17-/m0/s1. The van der Waals surface area contributed by atoms with Crippen molar-refractivity contribution in [3.8, 4) is 28.8 Å². The molecule has 2 aromatic heterocycles. The molecule has 0 saturated carbocycles. The first-order valence-electron chi connectivity index (χ1n) is 11.5. The smallest absolute Gasteiger partial charge is 0.216 e. The van der Waals surface area contributed by atoms with Gasteiger partial charge in [-0.2, -0.15) is 0 Å². The zero-order valence-corrected chi connectivity index (χ0v) is 22.3. The molecule has 1 atom stereocenters. The molecule has 36 heavy (non-hydrogen) atoms. The van der Waals surface area contributed by atoms with Crippen molar-refractivity contribution in [2.75, 3.05) is 27.3 Å². The van der Waals surface area contributed by atoms with E-state index in [0.717, 1.165) is 0 Å². The maximum absolute atomic E-state index is 13.6. The topological polar surface area (TPSA) is 134 Å². The second-order valence-electron chi connectivity index (χ2n) is 8.79. The molecule has 1 aliphatic rings. The minimum Gasteiger partial charge on any atom is -0.494 e. The van der Waals surface area contributed by atoms with Gasteiger partial charge in [0.05, 0.1) is 31.0 Å². The van der Waals surface area contributed by atoms with Crippen molar-refractivity contribution >= 4 is 19.9 Å². The van der Waals surface area contributed by atoms with Crippen LogP contribution in [0.2, 0.25) is 0 Å². The Kier molecular flexibility index (Phi) is 7.43. The third-order valence-corrected chi connectivity index (χ3v) is 10.5. The van der Waals surface area contributed by atoms with E-state index in [1.54, 1.807) is 48.7 Å². The summed E-state index contributed by atoms with van der Waals surface area (Å²) in [7, 11) is -4.40. The van der Waals surface area contributed by atoms with Gasteiger partial charge in [-0.1, -0.05) is 6.07 Å². The number of nitrogens with zero attached hydrogens (tertiary/aromatic N) is 4. The van der Waals surface area contributed by atoms with Gasteiger partial charge in [-0.05, 0) is 51.0 Å². The maximum Gasteiger partial charge on any atom is 0.216 e. The second kappa shape index (κ2) is 10.2. The van der Waals surface area contributed by atoms with Crippen molar-refractivity contribution in [1.29, 1.82) is 0 Å². The highest BCUT2D eigenvalue weighted by Gasteiger charge is 2.38. The summed E-state index contributed by atoms with van der Waals surface area (Å²) in [5.41, 5.74) is 0.428. The minimum absolute atomic E-state index is 0.0833. The van der Waals surface area contributed by atoms with Gasteiger partial charge in [-0.25, -0.2) is 21.1 Å². The molecule has 11 nitrogen and oxygen atoms in total. The van der Waals surface area contributed by atoms with Crippen LogP contribution < -0.4 is 9.47 Å². The fourth-order valence-corrected chi connectivity index (χ4v) is 7.46. The molecule has 196 valence electrons. The first-order valence-corrected chi connectivity index (χ1v) is 14.7. The average Bonchev–Trinajstić information content (AvgIpc) is 3.53. The molecule has 0 spiro atoms. The van der Waals surface area contributed by atoms with Gasteiger partial charge in [0.1, 0.15) is 22.9 Å². The van der Waals surface area contributed by atoms with Gasteiger partial charge in [0.15, 0.2) is 21.4 Å². The number of piperidine rings is 1. The van der Waals surface area contributed by atoms with Crippen LogP contribution in [0.3, 0.4) is 0 Å². The van der Waals surface area contributed by atoms with Crippen molar-refractivity contribution in [2.24, 2.45) is 0 Å². The van der Waals surface area contributed by atoms with E-state index in [9.17, 15) is 16.8 Å². The van der Waals surface area contributed by atoms with E-state index in [0.29, 0.717) is 42.3 Å². The van der Waals surface area contributed by atoms with E-state index in [1.807, 2.05) is 0 Å². The molecule has 4 rings (SSSR count). The van der Waals surface area contributed by atoms with Crippen LogP contribution in [0.1, 0.15) is 32.5 Å². The number of aromatic nitrogens is 3. The highest BCUT2D eigenvalue weighted by atomic mass is 32.2. The molecule has 0 radical (unpaired) electrons. The first kappa shape index (κ1) is 26.2. The maximum atomic E-state index is 13.6. The number of sulfonamides is 1. The van der Waals surface area contributed by atoms with Crippen molar-refractivity contribution in [3.05, 3.63) is 42.4 Å². The van der Waals surface area contributed by atoms with Gasteiger partial charge in [0, 0.05) is 13.1 Å². The zero-order valence-electron chi connectivity index (χ0n) is 20.6. The van der Waals surface area contributed by atoms with Crippen molar-refractivity contribution in [1.82, 2.24) is 19.1 Å². The Bertz CT molecular complexity index is 1390. The van der Waals surface area contributed by atoms with Crippen LogP contribution in [0, 0.1) is 0 Å². The predicted molar refractivity (Wildman–Crippen MR) is 133 cm³/mol.